The summed E-state index contributed by atoms with van der Waals surface area (Å²) in [6, 6.07) is 0.0797. The van der Waals surface area contributed by atoms with Crippen LogP contribution in [0.4, 0.5) is 0 Å². The highest BCUT2D eigenvalue weighted by atomic mass is 16.5. The maximum absolute atomic E-state index is 5.35. The zero-order valence-electron chi connectivity index (χ0n) is 9.53. The second-order valence-corrected chi connectivity index (χ2v) is 3.27. The van der Waals surface area contributed by atoms with Crippen LogP contribution in [0.25, 0.3) is 0 Å². The molecule has 1 rings (SSSR count). The standard InChI is InChI=1S/C9H18N6O/c1-7(8-5-12-13-6-8)14-9(15-10)11-3-4-16-2/h5-7H,3-4,10H2,1-2H3,(H,12,13)(H2,11,14,15). The van der Waals surface area contributed by atoms with Crippen molar-refractivity contribution in [3.05, 3.63) is 18.0 Å². The molecule has 0 aliphatic heterocycles. The smallest absolute Gasteiger partial charge is 0.206 e. The van der Waals surface area contributed by atoms with Crippen molar-refractivity contribution in [2.75, 3.05) is 20.3 Å². The van der Waals surface area contributed by atoms with Crippen LogP contribution in [0.3, 0.4) is 0 Å². The molecule has 5 N–H and O–H groups in total. The van der Waals surface area contributed by atoms with Crippen molar-refractivity contribution in [3.63, 3.8) is 0 Å². The van der Waals surface area contributed by atoms with Gasteiger partial charge in [0.25, 0.3) is 0 Å². The lowest BCUT2D eigenvalue weighted by Crippen LogP contribution is -2.42. The highest BCUT2D eigenvalue weighted by Crippen LogP contribution is 2.08. The number of hydrogen-bond donors (Lipinski definition) is 4. The van der Waals surface area contributed by atoms with Gasteiger partial charge >= 0.3 is 0 Å². The largest absolute Gasteiger partial charge is 0.383 e. The number of ether oxygens (including phenoxy) is 1. The molecule has 0 fully saturated rings. The fourth-order valence-electron chi connectivity index (χ4n) is 1.17. The number of methoxy groups -OCH3 is 1. The van der Waals surface area contributed by atoms with E-state index in [1.807, 2.05) is 13.1 Å². The third kappa shape index (κ3) is 3.87. The van der Waals surface area contributed by atoms with Gasteiger partial charge in [-0.2, -0.15) is 5.10 Å². The summed E-state index contributed by atoms with van der Waals surface area (Å²) in [4.78, 5) is 4.20. The van der Waals surface area contributed by atoms with Crippen LogP contribution in [0.1, 0.15) is 18.5 Å². The Morgan fingerprint density at radius 3 is 3.12 bits per heavy atom. The van der Waals surface area contributed by atoms with Gasteiger partial charge < -0.3 is 10.1 Å². The molecule has 0 saturated carbocycles. The first-order valence-electron chi connectivity index (χ1n) is 5.03. The van der Waals surface area contributed by atoms with E-state index in [0.717, 1.165) is 5.56 Å². The van der Waals surface area contributed by atoms with Crippen LogP contribution in [-0.4, -0.2) is 36.4 Å². The van der Waals surface area contributed by atoms with Gasteiger partial charge in [-0.1, -0.05) is 0 Å². The normalized spacial score (nSPS) is 13.6. The molecule has 0 aromatic carbocycles. The number of aliphatic imine (C=N–C) groups is 1. The van der Waals surface area contributed by atoms with Gasteiger partial charge in [0, 0.05) is 18.9 Å². The van der Waals surface area contributed by atoms with E-state index in [9.17, 15) is 0 Å². The molecule has 0 bridgehead atoms. The zero-order valence-corrected chi connectivity index (χ0v) is 9.53. The van der Waals surface area contributed by atoms with E-state index >= 15 is 0 Å². The third-order valence-electron chi connectivity index (χ3n) is 2.07. The molecule has 1 aromatic rings. The van der Waals surface area contributed by atoms with Crippen molar-refractivity contribution >= 4 is 5.96 Å². The summed E-state index contributed by atoms with van der Waals surface area (Å²) in [5.74, 6) is 5.88. The van der Waals surface area contributed by atoms with Crippen LogP contribution >= 0.6 is 0 Å². The fourth-order valence-corrected chi connectivity index (χ4v) is 1.17. The van der Waals surface area contributed by atoms with Gasteiger partial charge in [0.1, 0.15) is 0 Å². The number of guanidine groups is 1. The van der Waals surface area contributed by atoms with Crippen LogP contribution in [0.2, 0.25) is 0 Å². The molecule has 0 aliphatic rings. The van der Waals surface area contributed by atoms with E-state index in [0.29, 0.717) is 19.1 Å². The minimum Gasteiger partial charge on any atom is -0.383 e. The molecule has 0 amide bonds. The fraction of sp³-hybridized carbons (Fsp3) is 0.556. The van der Waals surface area contributed by atoms with Gasteiger partial charge in [-0.15, -0.1) is 0 Å². The number of nitrogens with one attached hydrogen (secondary N) is 3. The maximum atomic E-state index is 5.35. The van der Waals surface area contributed by atoms with Crippen molar-refractivity contribution in [2.24, 2.45) is 10.8 Å². The average Bonchev–Trinajstić information content (AvgIpc) is 2.81. The molecule has 1 atom stereocenters. The van der Waals surface area contributed by atoms with Crippen LogP contribution < -0.4 is 16.6 Å². The molecule has 7 nitrogen and oxygen atoms in total. The Balaban J connectivity index is 2.46. The zero-order chi connectivity index (χ0) is 11.8. The Hall–Kier alpha value is -1.60. The predicted octanol–water partition coefficient (Wildman–Crippen LogP) is -0.474. The van der Waals surface area contributed by atoms with Crippen molar-refractivity contribution < 1.29 is 4.74 Å². The quantitative estimate of drug-likeness (QED) is 0.179. The number of hydrogen-bond acceptors (Lipinski definition) is 4. The summed E-state index contributed by atoms with van der Waals surface area (Å²) in [7, 11) is 1.63. The lowest BCUT2D eigenvalue weighted by atomic mass is 10.2. The van der Waals surface area contributed by atoms with Gasteiger partial charge in [-0.3, -0.25) is 10.5 Å². The molecular formula is C9H18N6O. The minimum atomic E-state index is 0.0797. The molecule has 0 radical (unpaired) electrons. The number of nitrogens with two attached hydrogens (primary N) is 1. The van der Waals surface area contributed by atoms with Crippen molar-refractivity contribution in [1.29, 1.82) is 0 Å². The molecular weight excluding hydrogens is 208 g/mol. The lowest BCUT2D eigenvalue weighted by molar-refractivity contribution is 0.208. The third-order valence-corrected chi connectivity index (χ3v) is 2.07. The number of hydrazine groups is 1. The summed E-state index contributed by atoms with van der Waals surface area (Å²) in [6.07, 6.45) is 3.57. The Bertz CT molecular complexity index is 310. The molecule has 0 saturated heterocycles. The lowest BCUT2D eigenvalue weighted by Gasteiger charge is -2.14. The summed E-state index contributed by atoms with van der Waals surface area (Å²) < 4.78 is 4.90. The van der Waals surface area contributed by atoms with E-state index in [4.69, 9.17) is 10.6 Å². The van der Waals surface area contributed by atoms with Crippen LogP contribution in [0, 0.1) is 0 Å². The number of aromatic amines is 1. The van der Waals surface area contributed by atoms with Gasteiger partial charge in [0.2, 0.25) is 5.96 Å². The van der Waals surface area contributed by atoms with E-state index in [1.54, 1.807) is 13.3 Å². The van der Waals surface area contributed by atoms with Crippen molar-refractivity contribution in [3.8, 4) is 0 Å². The predicted molar refractivity (Wildman–Crippen MR) is 61.6 cm³/mol. The average molecular weight is 226 g/mol. The first-order valence-corrected chi connectivity index (χ1v) is 5.03. The summed E-state index contributed by atoms with van der Waals surface area (Å²) in [5.41, 5.74) is 3.54. The molecule has 1 heterocycles. The minimum absolute atomic E-state index is 0.0797. The molecule has 16 heavy (non-hydrogen) atoms. The van der Waals surface area contributed by atoms with E-state index < -0.39 is 0 Å². The number of rotatable bonds is 5. The first-order chi connectivity index (χ1) is 7.77. The Kier molecular flexibility index (Phi) is 5.30. The van der Waals surface area contributed by atoms with E-state index in [-0.39, 0.29) is 6.04 Å². The number of aromatic nitrogens is 2. The second kappa shape index (κ2) is 6.81. The summed E-state index contributed by atoms with van der Waals surface area (Å²) in [5, 5.41) is 9.75. The number of nitrogens with zero attached hydrogens (tertiary/aromatic N) is 2. The van der Waals surface area contributed by atoms with Gasteiger partial charge in [0.05, 0.1) is 25.4 Å². The molecule has 7 heteroatoms. The molecule has 1 unspecified atom stereocenters. The molecule has 1 aromatic heterocycles. The van der Waals surface area contributed by atoms with Crippen LogP contribution in [0.5, 0.6) is 0 Å². The van der Waals surface area contributed by atoms with E-state index in [2.05, 4.69) is 25.9 Å². The summed E-state index contributed by atoms with van der Waals surface area (Å²) in [6.45, 7) is 3.11. The summed E-state index contributed by atoms with van der Waals surface area (Å²) >= 11 is 0. The maximum Gasteiger partial charge on any atom is 0.206 e. The van der Waals surface area contributed by atoms with Crippen molar-refractivity contribution in [2.45, 2.75) is 13.0 Å². The highest BCUT2D eigenvalue weighted by molar-refractivity contribution is 5.79. The Morgan fingerprint density at radius 1 is 1.75 bits per heavy atom. The van der Waals surface area contributed by atoms with Gasteiger partial charge in [0.15, 0.2) is 0 Å². The first kappa shape index (κ1) is 12.5. The van der Waals surface area contributed by atoms with Gasteiger partial charge in [-0.25, -0.2) is 10.8 Å². The van der Waals surface area contributed by atoms with Crippen molar-refractivity contribution in [1.82, 2.24) is 20.9 Å². The number of H-pyrrole nitrogens is 1. The highest BCUT2D eigenvalue weighted by Gasteiger charge is 2.07. The molecule has 90 valence electrons. The molecule has 0 aliphatic carbocycles. The van der Waals surface area contributed by atoms with E-state index in [1.165, 1.54) is 0 Å². The second-order valence-electron chi connectivity index (χ2n) is 3.27. The Morgan fingerprint density at radius 2 is 2.56 bits per heavy atom. The topological polar surface area (TPSA) is 100 Å². The SMILES string of the molecule is COCCN=C(NN)NC(C)c1cn[nH]c1. The van der Waals surface area contributed by atoms with Crippen LogP contribution in [-0.2, 0) is 4.74 Å². The van der Waals surface area contributed by atoms with Gasteiger partial charge in [-0.05, 0) is 6.92 Å². The monoisotopic (exact) mass is 226 g/mol. The van der Waals surface area contributed by atoms with Crippen LogP contribution in [0.15, 0.2) is 17.4 Å². The molecule has 0 spiro atoms. The Labute approximate surface area is 94.4 Å².